The molecule has 0 aliphatic heterocycles. The predicted molar refractivity (Wildman–Crippen MR) is 71.5 cm³/mol. The molecule has 4 nitrogen and oxygen atoms in total. The van der Waals surface area contributed by atoms with Gasteiger partial charge in [0.05, 0.1) is 5.39 Å². The number of aryl methyl sites for hydroxylation is 1. The SMILES string of the molecule is Cc1nc(NC2CC3CCC2C3)c2cc[nH]c2n1. The molecule has 2 aliphatic rings. The zero-order valence-corrected chi connectivity index (χ0v) is 10.6. The van der Waals surface area contributed by atoms with Crippen molar-refractivity contribution >= 4 is 16.9 Å². The molecule has 2 heterocycles. The minimum atomic E-state index is 0.621. The van der Waals surface area contributed by atoms with Gasteiger partial charge >= 0.3 is 0 Å². The highest BCUT2D eigenvalue weighted by Gasteiger charge is 2.39. The van der Waals surface area contributed by atoms with E-state index in [4.69, 9.17) is 0 Å². The minimum absolute atomic E-state index is 0.621. The first-order chi connectivity index (χ1) is 8.79. The summed E-state index contributed by atoms with van der Waals surface area (Å²) in [5.74, 6) is 3.66. The van der Waals surface area contributed by atoms with Crippen LogP contribution in [0.25, 0.3) is 11.0 Å². The Balaban J connectivity index is 1.68. The smallest absolute Gasteiger partial charge is 0.143 e. The van der Waals surface area contributed by atoms with E-state index in [0.717, 1.165) is 34.5 Å². The second-order valence-electron chi connectivity index (χ2n) is 5.79. The Hall–Kier alpha value is -1.58. The number of hydrogen-bond acceptors (Lipinski definition) is 3. The maximum Gasteiger partial charge on any atom is 0.143 e. The van der Waals surface area contributed by atoms with Gasteiger partial charge in [0, 0.05) is 12.2 Å². The summed E-state index contributed by atoms with van der Waals surface area (Å²) in [5.41, 5.74) is 0.938. The Bertz CT molecular complexity index is 588. The van der Waals surface area contributed by atoms with Gasteiger partial charge in [-0.1, -0.05) is 6.42 Å². The summed E-state index contributed by atoms with van der Waals surface area (Å²) in [6.07, 6.45) is 7.50. The van der Waals surface area contributed by atoms with Crippen molar-refractivity contribution in [2.75, 3.05) is 5.32 Å². The van der Waals surface area contributed by atoms with Crippen molar-refractivity contribution in [2.45, 2.75) is 38.6 Å². The van der Waals surface area contributed by atoms with Gasteiger partial charge < -0.3 is 10.3 Å². The first-order valence-electron chi connectivity index (χ1n) is 6.88. The van der Waals surface area contributed by atoms with E-state index in [9.17, 15) is 0 Å². The summed E-state index contributed by atoms with van der Waals surface area (Å²) in [6.45, 7) is 1.95. The molecule has 0 saturated heterocycles. The lowest BCUT2D eigenvalue weighted by Crippen LogP contribution is -2.26. The third kappa shape index (κ3) is 1.51. The molecule has 94 valence electrons. The van der Waals surface area contributed by atoms with Gasteiger partial charge in [0.25, 0.3) is 0 Å². The molecule has 0 aromatic carbocycles. The number of nitrogens with one attached hydrogen (secondary N) is 2. The summed E-state index contributed by atoms with van der Waals surface area (Å²) in [7, 11) is 0. The maximum absolute atomic E-state index is 4.58. The average Bonchev–Trinajstić information content (AvgIpc) is 3.02. The molecule has 2 aromatic heterocycles. The van der Waals surface area contributed by atoms with Crippen molar-refractivity contribution in [1.29, 1.82) is 0 Å². The van der Waals surface area contributed by atoms with Crippen LogP contribution in [0.3, 0.4) is 0 Å². The van der Waals surface area contributed by atoms with Crippen LogP contribution in [0.1, 0.15) is 31.5 Å². The number of hydrogen-bond donors (Lipinski definition) is 2. The van der Waals surface area contributed by atoms with Crippen LogP contribution >= 0.6 is 0 Å². The van der Waals surface area contributed by atoms with E-state index in [1.54, 1.807) is 0 Å². The molecule has 2 saturated carbocycles. The molecule has 18 heavy (non-hydrogen) atoms. The van der Waals surface area contributed by atoms with E-state index in [1.165, 1.54) is 25.7 Å². The molecule has 3 atom stereocenters. The van der Waals surface area contributed by atoms with Crippen LogP contribution < -0.4 is 5.32 Å². The van der Waals surface area contributed by atoms with Crippen molar-refractivity contribution in [3.63, 3.8) is 0 Å². The summed E-state index contributed by atoms with van der Waals surface area (Å²) >= 11 is 0. The van der Waals surface area contributed by atoms with Gasteiger partial charge in [-0.3, -0.25) is 0 Å². The molecule has 0 radical (unpaired) electrons. The van der Waals surface area contributed by atoms with Gasteiger partial charge in [-0.05, 0) is 44.1 Å². The number of anilines is 1. The Labute approximate surface area is 106 Å². The van der Waals surface area contributed by atoms with E-state index < -0.39 is 0 Å². The molecule has 2 N–H and O–H groups in total. The molecule has 2 fully saturated rings. The lowest BCUT2D eigenvalue weighted by atomic mass is 9.95. The second-order valence-corrected chi connectivity index (χ2v) is 5.79. The summed E-state index contributed by atoms with van der Waals surface area (Å²) in [5, 5.41) is 4.79. The van der Waals surface area contributed by atoms with Crippen molar-refractivity contribution in [3.05, 3.63) is 18.1 Å². The molecule has 2 aromatic rings. The van der Waals surface area contributed by atoms with Crippen molar-refractivity contribution in [1.82, 2.24) is 15.0 Å². The highest BCUT2D eigenvalue weighted by molar-refractivity contribution is 5.87. The fourth-order valence-electron chi connectivity index (χ4n) is 3.76. The molecular formula is C14H18N4. The Kier molecular flexibility index (Phi) is 2.13. The van der Waals surface area contributed by atoms with Gasteiger partial charge in [-0.25, -0.2) is 9.97 Å². The fraction of sp³-hybridized carbons (Fsp3) is 0.571. The van der Waals surface area contributed by atoms with Gasteiger partial charge in [-0.2, -0.15) is 0 Å². The van der Waals surface area contributed by atoms with Crippen molar-refractivity contribution < 1.29 is 0 Å². The quantitative estimate of drug-likeness (QED) is 0.851. The molecule has 2 bridgehead atoms. The number of rotatable bonds is 2. The van der Waals surface area contributed by atoms with E-state index in [2.05, 4.69) is 26.3 Å². The standard InChI is InChI=1S/C14H18N4/c1-8-16-13-11(4-5-15-13)14(17-8)18-12-7-9-2-3-10(12)6-9/h4-5,9-10,12H,2-3,6-7H2,1H3,(H2,15,16,17,18). The third-order valence-corrected chi connectivity index (χ3v) is 4.59. The monoisotopic (exact) mass is 242 g/mol. The molecule has 3 unspecified atom stereocenters. The van der Waals surface area contributed by atoms with Crippen LogP contribution in [-0.4, -0.2) is 21.0 Å². The third-order valence-electron chi connectivity index (χ3n) is 4.59. The lowest BCUT2D eigenvalue weighted by Gasteiger charge is -2.23. The number of H-pyrrole nitrogens is 1. The van der Waals surface area contributed by atoms with Gasteiger partial charge in [0.15, 0.2) is 0 Å². The number of nitrogens with zero attached hydrogens (tertiary/aromatic N) is 2. The highest BCUT2D eigenvalue weighted by atomic mass is 15.1. The fourth-order valence-corrected chi connectivity index (χ4v) is 3.76. The van der Waals surface area contributed by atoms with Gasteiger partial charge in [-0.15, -0.1) is 0 Å². The number of fused-ring (bicyclic) bond motifs is 3. The molecule has 4 rings (SSSR count). The number of aromatic nitrogens is 3. The molecule has 0 spiro atoms. The molecule has 0 amide bonds. The summed E-state index contributed by atoms with van der Waals surface area (Å²) in [4.78, 5) is 12.2. The Morgan fingerprint density at radius 3 is 3.00 bits per heavy atom. The van der Waals surface area contributed by atoms with E-state index in [0.29, 0.717) is 6.04 Å². The average molecular weight is 242 g/mol. The Morgan fingerprint density at radius 2 is 2.22 bits per heavy atom. The predicted octanol–water partition coefficient (Wildman–Crippen LogP) is 2.87. The normalized spacial score (nSPS) is 30.2. The van der Waals surface area contributed by atoms with Gasteiger partial charge in [0.1, 0.15) is 17.3 Å². The van der Waals surface area contributed by atoms with Gasteiger partial charge in [0.2, 0.25) is 0 Å². The van der Waals surface area contributed by atoms with Crippen LogP contribution in [0.2, 0.25) is 0 Å². The first-order valence-corrected chi connectivity index (χ1v) is 6.88. The molecule has 4 heteroatoms. The van der Waals surface area contributed by atoms with Crippen LogP contribution in [0.4, 0.5) is 5.82 Å². The van der Waals surface area contributed by atoms with E-state index >= 15 is 0 Å². The molecule has 2 aliphatic carbocycles. The zero-order valence-electron chi connectivity index (χ0n) is 10.6. The Morgan fingerprint density at radius 1 is 1.28 bits per heavy atom. The topological polar surface area (TPSA) is 53.6 Å². The van der Waals surface area contributed by atoms with Crippen LogP contribution in [0, 0.1) is 18.8 Å². The largest absolute Gasteiger partial charge is 0.366 e. The van der Waals surface area contributed by atoms with E-state index in [-0.39, 0.29) is 0 Å². The number of aromatic amines is 1. The second kappa shape index (κ2) is 3.70. The lowest BCUT2D eigenvalue weighted by molar-refractivity contribution is 0.439. The minimum Gasteiger partial charge on any atom is -0.366 e. The van der Waals surface area contributed by atoms with Crippen molar-refractivity contribution in [2.24, 2.45) is 11.8 Å². The molecular weight excluding hydrogens is 224 g/mol. The van der Waals surface area contributed by atoms with E-state index in [1.807, 2.05) is 13.1 Å². The zero-order chi connectivity index (χ0) is 12.1. The summed E-state index contributed by atoms with van der Waals surface area (Å²) in [6, 6.07) is 2.68. The van der Waals surface area contributed by atoms with Crippen LogP contribution in [0.15, 0.2) is 12.3 Å². The highest BCUT2D eigenvalue weighted by Crippen LogP contribution is 2.45. The summed E-state index contributed by atoms with van der Waals surface area (Å²) < 4.78 is 0. The van der Waals surface area contributed by atoms with Crippen LogP contribution in [-0.2, 0) is 0 Å². The maximum atomic E-state index is 4.58. The van der Waals surface area contributed by atoms with Crippen molar-refractivity contribution in [3.8, 4) is 0 Å². The van der Waals surface area contributed by atoms with Crippen LogP contribution in [0.5, 0.6) is 0 Å². The first kappa shape index (κ1) is 10.4.